The number of benzene rings is 1. The lowest BCUT2D eigenvalue weighted by Crippen LogP contribution is -2.32. The van der Waals surface area contributed by atoms with Gasteiger partial charge in [-0.1, -0.05) is 32.8 Å². The number of amides is 2. The van der Waals surface area contributed by atoms with Crippen molar-refractivity contribution in [3.63, 3.8) is 0 Å². The Kier molecular flexibility index (Phi) is 4.77. The van der Waals surface area contributed by atoms with E-state index in [4.69, 9.17) is 0 Å². The Balaban J connectivity index is 2.01. The summed E-state index contributed by atoms with van der Waals surface area (Å²) >= 11 is 0. The fourth-order valence-electron chi connectivity index (χ4n) is 2.36. The number of hydrogen-bond donors (Lipinski definition) is 2. The Hall–Kier alpha value is -1.84. The van der Waals surface area contributed by atoms with Crippen LogP contribution in [0, 0.1) is 5.92 Å². The number of carbonyl (C=O) groups is 2. The zero-order valence-corrected chi connectivity index (χ0v) is 12.1. The molecule has 2 N–H and O–H groups in total. The lowest BCUT2D eigenvalue weighted by atomic mass is 10.1. The number of rotatable bonds is 4. The van der Waals surface area contributed by atoms with E-state index in [0.29, 0.717) is 17.3 Å². The molecule has 1 aromatic carbocycles. The summed E-state index contributed by atoms with van der Waals surface area (Å²) in [6, 6.07) is 7.39. The van der Waals surface area contributed by atoms with Crippen molar-refractivity contribution in [3.8, 4) is 0 Å². The minimum absolute atomic E-state index is 0.0432. The van der Waals surface area contributed by atoms with Crippen LogP contribution in [-0.2, 0) is 4.79 Å². The van der Waals surface area contributed by atoms with Crippen LogP contribution in [0.2, 0.25) is 0 Å². The van der Waals surface area contributed by atoms with E-state index < -0.39 is 0 Å². The van der Waals surface area contributed by atoms with Crippen LogP contribution >= 0.6 is 0 Å². The third-order valence-electron chi connectivity index (χ3n) is 3.61. The van der Waals surface area contributed by atoms with Crippen LogP contribution < -0.4 is 10.6 Å². The molecule has 1 fully saturated rings. The van der Waals surface area contributed by atoms with Crippen LogP contribution in [0.3, 0.4) is 0 Å². The van der Waals surface area contributed by atoms with E-state index in [1.807, 2.05) is 13.8 Å². The number of nitrogens with one attached hydrogen (secondary N) is 2. The zero-order chi connectivity index (χ0) is 14.5. The Morgan fingerprint density at radius 1 is 1.20 bits per heavy atom. The third-order valence-corrected chi connectivity index (χ3v) is 3.61. The molecule has 0 heterocycles. The summed E-state index contributed by atoms with van der Waals surface area (Å²) in [6.07, 6.45) is 4.51. The maximum Gasteiger partial charge on any atom is 0.251 e. The molecule has 0 atom stereocenters. The van der Waals surface area contributed by atoms with Crippen molar-refractivity contribution in [1.29, 1.82) is 0 Å². The number of carbonyl (C=O) groups excluding carboxylic acids is 2. The Morgan fingerprint density at radius 3 is 2.55 bits per heavy atom. The zero-order valence-electron chi connectivity index (χ0n) is 12.1. The summed E-state index contributed by atoms with van der Waals surface area (Å²) in [5, 5.41) is 5.86. The normalized spacial score (nSPS) is 15.3. The van der Waals surface area contributed by atoms with Crippen LogP contribution in [0.25, 0.3) is 0 Å². The smallest absolute Gasteiger partial charge is 0.251 e. The molecule has 1 saturated carbocycles. The van der Waals surface area contributed by atoms with Crippen LogP contribution in [0.5, 0.6) is 0 Å². The predicted octanol–water partition coefficient (Wildman–Crippen LogP) is 2.95. The summed E-state index contributed by atoms with van der Waals surface area (Å²) in [5.41, 5.74) is 1.27. The van der Waals surface area contributed by atoms with E-state index in [2.05, 4.69) is 10.6 Å². The van der Waals surface area contributed by atoms with Crippen molar-refractivity contribution in [3.05, 3.63) is 29.8 Å². The molecule has 0 unspecified atom stereocenters. The van der Waals surface area contributed by atoms with Crippen molar-refractivity contribution < 1.29 is 9.59 Å². The monoisotopic (exact) mass is 274 g/mol. The summed E-state index contributed by atoms with van der Waals surface area (Å²) in [5.74, 6) is -0.179. The highest BCUT2D eigenvalue weighted by Crippen LogP contribution is 2.19. The minimum atomic E-state index is -0.0778. The summed E-state index contributed by atoms with van der Waals surface area (Å²) in [6.45, 7) is 3.68. The quantitative estimate of drug-likeness (QED) is 0.887. The first-order valence-electron chi connectivity index (χ1n) is 7.28. The molecule has 0 aromatic heterocycles. The average molecular weight is 274 g/mol. The Labute approximate surface area is 119 Å². The molecule has 1 aromatic rings. The third kappa shape index (κ3) is 3.83. The molecular formula is C16H22N2O2. The summed E-state index contributed by atoms with van der Waals surface area (Å²) < 4.78 is 0. The van der Waals surface area contributed by atoms with Crippen LogP contribution in [0.15, 0.2) is 24.3 Å². The molecular weight excluding hydrogens is 252 g/mol. The van der Waals surface area contributed by atoms with Crippen LogP contribution in [0.4, 0.5) is 5.69 Å². The predicted molar refractivity (Wildman–Crippen MR) is 79.6 cm³/mol. The van der Waals surface area contributed by atoms with Gasteiger partial charge in [-0.15, -0.1) is 0 Å². The lowest BCUT2D eigenvalue weighted by molar-refractivity contribution is -0.118. The molecule has 20 heavy (non-hydrogen) atoms. The van der Waals surface area contributed by atoms with Gasteiger partial charge in [0.2, 0.25) is 5.91 Å². The Bertz CT molecular complexity index is 491. The van der Waals surface area contributed by atoms with Gasteiger partial charge in [-0.05, 0) is 31.0 Å². The SMILES string of the molecule is CC(C)C(=O)Nc1cccc(C(=O)NC2CCCC2)c1. The highest BCUT2D eigenvalue weighted by atomic mass is 16.2. The summed E-state index contributed by atoms with van der Waals surface area (Å²) in [4.78, 5) is 23.8. The molecule has 0 spiro atoms. The topological polar surface area (TPSA) is 58.2 Å². The van der Waals surface area contributed by atoms with E-state index >= 15 is 0 Å². The molecule has 4 nitrogen and oxygen atoms in total. The largest absolute Gasteiger partial charge is 0.349 e. The lowest BCUT2D eigenvalue weighted by Gasteiger charge is -2.13. The van der Waals surface area contributed by atoms with Crippen molar-refractivity contribution in [2.75, 3.05) is 5.32 Å². The second-order valence-corrected chi connectivity index (χ2v) is 5.68. The van der Waals surface area contributed by atoms with Gasteiger partial charge in [0.25, 0.3) is 5.91 Å². The van der Waals surface area contributed by atoms with Crippen molar-refractivity contribution >= 4 is 17.5 Å². The second-order valence-electron chi connectivity index (χ2n) is 5.68. The van der Waals surface area contributed by atoms with Gasteiger partial charge in [-0.2, -0.15) is 0 Å². The average Bonchev–Trinajstić information content (AvgIpc) is 2.91. The van der Waals surface area contributed by atoms with Crippen molar-refractivity contribution in [1.82, 2.24) is 5.32 Å². The minimum Gasteiger partial charge on any atom is -0.349 e. The fourth-order valence-corrected chi connectivity index (χ4v) is 2.36. The Morgan fingerprint density at radius 2 is 1.90 bits per heavy atom. The van der Waals surface area contributed by atoms with Crippen molar-refractivity contribution in [2.24, 2.45) is 5.92 Å². The van der Waals surface area contributed by atoms with Gasteiger partial charge >= 0.3 is 0 Å². The van der Waals surface area contributed by atoms with Gasteiger partial charge in [-0.3, -0.25) is 9.59 Å². The maximum atomic E-state index is 12.1. The molecule has 1 aliphatic rings. The highest BCUT2D eigenvalue weighted by Gasteiger charge is 2.18. The van der Waals surface area contributed by atoms with Gasteiger partial charge in [-0.25, -0.2) is 0 Å². The number of hydrogen-bond acceptors (Lipinski definition) is 2. The molecule has 0 radical (unpaired) electrons. The number of anilines is 1. The van der Waals surface area contributed by atoms with E-state index in [9.17, 15) is 9.59 Å². The van der Waals surface area contributed by atoms with Crippen LogP contribution in [-0.4, -0.2) is 17.9 Å². The van der Waals surface area contributed by atoms with Gasteiger partial charge in [0.15, 0.2) is 0 Å². The fraction of sp³-hybridized carbons (Fsp3) is 0.500. The standard InChI is InChI=1S/C16H22N2O2/c1-11(2)15(19)18-14-9-5-6-12(10-14)16(20)17-13-7-3-4-8-13/h5-6,9-11,13H,3-4,7-8H2,1-2H3,(H,17,20)(H,18,19). The summed E-state index contributed by atoms with van der Waals surface area (Å²) in [7, 11) is 0. The molecule has 2 rings (SSSR count). The first kappa shape index (κ1) is 14.6. The molecule has 0 saturated heterocycles. The van der Waals surface area contributed by atoms with Gasteiger partial charge < -0.3 is 10.6 Å². The maximum absolute atomic E-state index is 12.1. The molecule has 0 bridgehead atoms. The van der Waals surface area contributed by atoms with E-state index in [0.717, 1.165) is 12.8 Å². The molecule has 4 heteroatoms. The molecule has 108 valence electrons. The van der Waals surface area contributed by atoms with Gasteiger partial charge in [0.1, 0.15) is 0 Å². The molecule has 1 aliphatic carbocycles. The second kappa shape index (κ2) is 6.55. The van der Waals surface area contributed by atoms with E-state index in [1.165, 1.54) is 12.8 Å². The van der Waals surface area contributed by atoms with E-state index in [1.54, 1.807) is 24.3 Å². The van der Waals surface area contributed by atoms with E-state index in [-0.39, 0.29) is 17.7 Å². The first-order chi connectivity index (χ1) is 9.56. The van der Waals surface area contributed by atoms with Gasteiger partial charge in [0, 0.05) is 23.2 Å². The molecule has 2 amide bonds. The van der Waals surface area contributed by atoms with Crippen molar-refractivity contribution in [2.45, 2.75) is 45.6 Å². The first-order valence-corrected chi connectivity index (χ1v) is 7.28. The molecule has 0 aliphatic heterocycles. The highest BCUT2D eigenvalue weighted by molar-refractivity contribution is 5.97. The van der Waals surface area contributed by atoms with Gasteiger partial charge in [0.05, 0.1) is 0 Å². The van der Waals surface area contributed by atoms with Crippen LogP contribution in [0.1, 0.15) is 49.9 Å².